The maximum Gasteiger partial charge on any atom is 0.243 e. The molecular formula is C15H24N2O2S. The van der Waals surface area contributed by atoms with Crippen molar-refractivity contribution in [3.05, 3.63) is 23.3 Å². The minimum Gasteiger partial charge on any atom is -0.398 e. The van der Waals surface area contributed by atoms with Gasteiger partial charge >= 0.3 is 0 Å². The van der Waals surface area contributed by atoms with E-state index in [1.54, 1.807) is 24.3 Å². The molecule has 2 N–H and O–H groups in total. The molecule has 0 bridgehead atoms. The lowest BCUT2D eigenvalue weighted by Crippen LogP contribution is -2.38. The monoisotopic (exact) mass is 296 g/mol. The molecule has 2 rings (SSSR count). The van der Waals surface area contributed by atoms with Crippen molar-refractivity contribution in [1.82, 2.24) is 4.31 Å². The van der Waals surface area contributed by atoms with Gasteiger partial charge in [-0.3, -0.25) is 0 Å². The minimum absolute atomic E-state index is 0.120. The van der Waals surface area contributed by atoms with E-state index in [2.05, 4.69) is 0 Å². The lowest BCUT2D eigenvalue weighted by atomic mass is 9.96. The van der Waals surface area contributed by atoms with Gasteiger partial charge < -0.3 is 5.73 Å². The Morgan fingerprint density at radius 2 is 1.75 bits per heavy atom. The summed E-state index contributed by atoms with van der Waals surface area (Å²) in [5, 5.41) is 0. The van der Waals surface area contributed by atoms with Crippen molar-refractivity contribution in [3.63, 3.8) is 0 Å². The number of aryl methyl sites for hydroxylation is 1. The fourth-order valence-corrected chi connectivity index (χ4v) is 4.67. The fourth-order valence-electron chi connectivity index (χ4n) is 2.92. The van der Waals surface area contributed by atoms with Gasteiger partial charge in [-0.2, -0.15) is 4.31 Å². The molecule has 0 unspecified atom stereocenters. The van der Waals surface area contributed by atoms with Crippen LogP contribution in [0.1, 0.15) is 43.2 Å². The van der Waals surface area contributed by atoms with Crippen LogP contribution in [0.25, 0.3) is 0 Å². The van der Waals surface area contributed by atoms with Gasteiger partial charge in [-0.15, -0.1) is 0 Å². The number of nitrogens with zero attached hydrogens (tertiary/aromatic N) is 1. The van der Waals surface area contributed by atoms with Crippen molar-refractivity contribution in [2.75, 3.05) is 12.8 Å². The summed E-state index contributed by atoms with van der Waals surface area (Å²) >= 11 is 0. The van der Waals surface area contributed by atoms with Gasteiger partial charge in [0.1, 0.15) is 0 Å². The third kappa shape index (κ3) is 2.83. The predicted molar refractivity (Wildman–Crippen MR) is 82.2 cm³/mol. The molecule has 1 aliphatic carbocycles. The number of nitrogen functional groups attached to an aromatic ring is 1. The van der Waals surface area contributed by atoms with Gasteiger partial charge in [0, 0.05) is 18.8 Å². The highest BCUT2D eigenvalue weighted by Gasteiger charge is 2.30. The second-order valence-corrected chi connectivity index (χ2v) is 7.76. The van der Waals surface area contributed by atoms with E-state index in [1.165, 1.54) is 6.42 Å². The number of nitrogens with two attached hydrogens (primary N) is 1. The van der Waals surface area contributed by atoms with E-state index in [0.717, 1.165) is 31.2 Å². The smallest absolute Gasteiger partial charge is 0.243 e. The Labute approximate surface area is 122 Å². The van der Waals surface area contributed by atoms with Gasteiger partial charge in [0.05, 0.1) is 4.90 Å². The number of rotatable bonds is 3. The quantitative estimate of drug-likeness (QED) is 0.872. The molecule has 0 spiro atoms. The number of benzene rings is 1. The van der Waals surface area contributed by atoms with Crippen molar-refractivity contribution < 1.29 is 8.42 Å². The number of sulfonamides is 1. The van der Waals surface area contributed by atoms with E-state index in [9.17, 15) is 8.42 Å². The summed E-state index contributed by atoms with van der Waals surface area (Å²) in [6.07, 6.45) is 5.34. The first-order valence-electron chi connectivity index (χ1n) is 7.19. The summed E-state index contributed by atoms with van der Waals surface area (Å²) in [5.74, 6) is 0. The zero-order chi connectivity index (χ0) is 14.9. The van der Waals surface area contributed by atoms with Crippen molar-refractivity contribution in [3.8, 4) is 0 Å². The lowest BCUT2D eigenvalue weighted by Gasteiger charge is -2.31. The molecule has 20 heavy (non-hydrogen) atoms. The van der Waals surface area contributed by atoms with Gasteiger partial charge in [-0.25, -0.2) is 8.42 Å². The third-order valence-corrected chi connectivity index (χ3v) is 6.33. The molecule has 0 amide bonds. The van der Waals surface area contributed by atoms with Gasteiger partial charge in [-0.05, 0) is 49.9 Å². The topological polar surface area (TPSA) is 63.4 Å². The molecule has 1 fully saturated rings. The molecule has 5 heteroatoms. The molecule has 1 aromatic carbocycles. The van der Waals surface area contributed by atoms with Crippen LogP contribution >= 0.6 is 0 Å². The Hall–Kier alpha value is -1.07. The zero-order valence-corrected chi connectivity index (χ0v) is 13.3. The molecule has 1 aliphatic rings. The standard InChI is InChI=1S/C15H24N2O2S/c1-11-9-14(16)12(2)15(10-11)20(18,19)17(3)13-7-5-4-6-8-13/h9-10,13H,4-8,16H2,1-3H3. The molecule has 0 aromatic heterocycles. The van der Waals surface area contributed by atoms with E-state index in [0.29, 0.717) is 16.1 Å². The summed E-state index contributed by atoms with van der Waals surface area (Å²) in [6, 6.07) is 3.66. The molecule has 0 saturated heterocycles. The zero-order valence-electron chi connectivity index (χ0n) is 12.5. The first-order valence-corrected chi connectivity index (χ1v) is 8.63. The van der Waals surface area contributed by atoms with Crippen LogP contribution in [-0.2, 0) is 10.0 Å². The molecule has 1 aromatic rings. The van der Waals surface area contributed by atoms with Crippen LogP contribution in [-0.4, -0.2) is 25.8 Å². The van der Waals surface area contributed by atoms with Crippen LogP contribution < -0.4 is 5.73 Å². The summed E-state index contributed by atoms with van der Waals surface area (Å²) in [4.78, 5) is 0.350. The van der Waals surface area contributed by atoms with Crippen LogP contribution in [0.15, 0.2) is 17.0 Å². The molecule has 112 valence electrons. The molecule has 0 aliphatic heterocycles. The summed E-state index contributed by atoms with van der Waals surface area (Å²) in [5.41, 5.74) is 7.99. The number of anilines is 1. The summed E-state index contributed by atoms with van der Waals surface area (Å²) in [7, 11) is -1.76. The molecule has 0 radical (unpaired) electrons. The Morgan fingerprint density at radius 1 is 1.15 bits per heavy atom. The van der Waals surface area contributed by atoms with E-state index < -0.39 is 10.0 Å². The highest BCUT2D eigenvalue weighted by molar-refractivity contribution is 7.89. The van der Waals surface area contributed by atoms with Crippen LogP contribution in [0.5, 0.6) is 0 Å². The van der Waals surface area contributed by atoms with Gasteiger partial charge in [0.15, 0.2) is 0 Å². The molecule has 0 atom stereocenters. The van der Waals surface area contributed by atoms with E-state index >= 15 is 0 Å². The SMILES string of the molecule is Cc1cc(N)c(C)c(S(=O)(=O)N(C)C2CCCCC2)c1. The van der Waals surface area contributed by atoms with Crippen LogP contribution in [0.4, 0.5) is 5.69 Å². The average molecular weight is 296 g/mol. The maximum absolute atomic E-state index is 12.8. The second kappa shape index (κ2) is 5.74. The Morgan fingerprint density at radius 3 is 2.35 bits per heavy atom. The molecule has 0 heterocycles. The average Bonchev–Trinajstić information content (AvgIpc) is 2.42. The largest absolute Gasteiger partial charge is 0.398 e. The Kier molecular flexibility index (Phi) is 4.39. The van der Waals surface area contributed by atoms with E-state index in [1.807, 2.05) is 13.0 Å². The number of hydrogen-bond acceptors (Lipinski definition) is 3. The van der Waals surface area contributed by atoms with Crippen LogP contribution in [0.2, 0.25) is 0 Å². The van der Waals surface area contributed by atoms with E-state index in [4.69, 9.17) is 5.73 Å². The van der Waals surface area contributed by atoms with Crippen molar-refractivity contribution in [1.29, 1.82) is 0 Å². The van der Waals surface area contributed by atoms with E-state index in [-0.39, 0.29) is 6.04 Å². The third-order valence-electron chi connectivity index (χ3n) is 4.29. The number of hydrogen-bond donors (Lipinski definition) is 1. The highest BCUT2D eigenvalue weighted by Crippen LogP contribution is 2.30. The van der Waals surface area contributed by atoms with Crippen molar-refractivity contribution in [2.24, 2.45) is 0 Å². The maximum atomic E-state index is 12.8. The summed E-state index contributed by atoms with van der Waals surface area (Å²) < 4.78 is 27.2. The molecular weight excluding hydrogens is 272 g/mol. The van der Waals surface area contributed by atoms with Crippen molar-refractivity contribution in [2.45, 2.75) is 56.9 Å². The van der Waals surface area contributed by atoms with Gasteiger partial charge in [0.2, 0.25) is 10.0 Å². The lowest BCUT2D eigenvalue weighted by molar-refractivity contribution is 0.285. The normalized spacial score (nSPS) is 17.6. The first kappa shape index (κ1) is 15.3. The second-order valence-electron chi connectivity index (χ2n) is 5.79. The Balaban J connectivity index is 2.39. The summed E-state index contributed by atoms with van der Waals surface area (Å²) in [6.45, 7) is 3.64. The minimum atomic E-state index is -3.46. The van der Waals surface area contributed by atoms with Crippen LogP contribution in [0, 0.1) is 13.8 Å². The predicted octanol–water partition coefficient (Wildman–Crippen LogP) is 2.84. The van der Waals surface area contributed by atoms with Crippen LogP contribution in [0.3, 0.4) is 0 Å². The van der Waals surface area contributed by atoms with Crippen molar-refractivity contribution >= 4 is 15.7 Å². The highest BCUT2D eigenvalue weighted by atomic mass is 32.2. The fraction of sp³-hybridized carbons (Fsp3) is 0.600. The van der Waals surface area contributed by atoms with Gasteiger partial charge in [0.25, 0.3) is 0 Å². The Bertz CT molecular complexity index is 590. The first-order chi connectivity index (χ1) is 9.34. The molecule has 1 saturated carbocycles. The van der Waals surface area contributed by atoms with Gasteiger partial charge in [-0.1, -0.05) is 19.3 Å². The molecule has 4 nitrogen and oxygen atoms in total.